The van der Waals surface area contributed by atoms with Gasteiger partial charge in [0.15, 0.2) is 5.69 Å². The van der Waals surface area contributed by atoms with Crippen LogP contribution in [0.2, 0.25) is 0 Å². The molecule has 2 aromatic carbocycles. The van der Waals surface area contributed by atoms with Crippen LogP contribution >= 0.6 is 0 Å². The second kappa shape index (κ2) is 9.11. The van der Waals surface area contributed by atoms with Gasteiger partial charge in [0.05, 0.1) is 11.9 Å². The van der Waals surface area contributed by atoms with Crippen molar-refractivity contribution in [1.82, 2.24) is 15.0 Å². The molecule has 7 nitrogen and oxygen atoms in total. The number of aromatic nitrogens is 3. The molecule has 4 rings (SSSR count). The van der Waals surface area contributed by atoms with Gasteiger partial charge >= 0.3 is 0 Å². The summed E-state index contributed by atoms with van der Waals surface area (Å²) in [5.41, 5.74) is 2.58. The van der Waals surface area contributed by atoms with Gasteiger partial charge in [0.2, 0.25) is 0 Å². The SMILES string of the molecule is O=C(Nc1cccc(CS(=O)C2CCOCC2)c1)c1cnn(-c2ccccc2)n1. The van der Waals surface area contributed by atoms with Crippen molar-refractivity contribution < 1.29 is 13.7 Å². The van der Waals surface area contributed by atoms with Gasteiger partial charge in [-0.15, -0.1) is 5.10 Å². The molecule has 0 saturated carbocycles. The van der Waals surface area contributed by atoms with E-state index in [1.807, 2.05) is 48.5 Å². The molecule has 2 heterocycles. The molecule has 1 N–H and O–H groups in total. The lowest BCUT2D eigenvalue weighted by atomic mass is 10.2. The van der Waals surface area contributed by atoms with Crippen LogP contribution in [-0.4, -0.2) is 43.6 Å². The number of hydrogen-bond acceptors (Lipinski definition) is 5. The Labute approximate surface area is 171 Å². The second-order valence-corrected chi connectivity index (χ2v) is 8.56. The molecule has 1 amide bonds. The topological polar surface area (TPSA) is 86.1 Å². The molecule has 8 heteroatoms. The largest absolute Gasteiger partial charge is 0.381 e. The molecule has 0 aliphatic carbocycles. The molecule has 0 bridgehead atoms. The fourth-order valence-corrected chi connectivity index (χ4v) is 4.67. The number of anilines is 1. The van der Waals surface area contributed by atoms with E-state index in [-0.39, 0.29) is 16.9 Å². The van der Waals surface area contributed by atoms with Crippen LogP contribution in [0.25, 0.3) is 5.69 Å². The van der Waals surface area contributed by atoms with Crippen molar-refractivity contribution in [3.05, 3.63) is 72.1 Å². The van der Waals surface area contributed by atoms with E-state index in [2.05, 4.69) is 15.5 Å². The van der Waals surface area contributed by atoms with Crippen LogP contribution in [0.5, 0.6) is 0 Å². The van der Waals surface area contributed by atoms with Crippen LogP contribution in [0.15, 0.2) is 60.8 Å². The van der Waals surface area contributed by atoms with Crippen LogP contribution in [0.1, 0.15) is 28.9 Å². The summed E-state index contributed by atoms with van der Waals surface area (Å²) in [5.74, 6) is 0.133. The monoisotopic (exact) mass is 410 g/mol. The molecule has 1 saturated heterocycles. The average Bonchev–Trinajstić information content (AvgIpc) is 3.26. The number of nitrogens with zero attached hydrogens (tertiary/aromatic N) is 3. The molecular formula is C21H22N4O3S. The number of nitrogens with one attached hydrogen (secondary N) is 1. The summed E-state index contributed by atoms with van der Waals surface area (Å²) in [7, 11) is -0.951. The third-order valence-corrected chi connectivity index (χ3v) is 6.58. The number of para-hydroxylation sites is 1. The van der Waals surface area contributed by atoms with Crippen molar-refractivity contribution in [2.24, 2.45) is 0 Å². The minimum absolute atomic E-state index is 0.176. The molecule has 1 aliphatic rings. The van der Waals surface area contributed by atoms with Gasteiger partial charge in [0.25, 0.3) is 5.91 Å². The zero-order chi connectivity index (χ0) is 20.1. The van der Waals surface area contributed by atoms with Crippen molar-refractivity contribution in [2.75, 3.05) is 18.5 Å². The van der Waals surface area contributed by atoms with Gasteiger partial charge in [-0.25, -0.2) is 0 Å². The Bertz CT molecular complexity index is 1000. The van der Waals surface area contributed by atoms with Crippen LogP contribution in [-0.2, 0) is 21.3 Å². The molecule has 150 valence electrons. The lowest BCUT2D eigenvalue weighted by molar-refractivity contribution is 0.0991. The lowest BCUT2D eigenvalue weighted by Gasteiger charge is -2.21. The van der Waals surface area contributed by atoms with E-state index < -0.39 is 10.8 Å². The standard InChI is InChI=1S/C21H22N4O3S/c26-21(20-14-22-25(24-20)18-7-2-1-3-8-18)23-17-6-4-5-16(13-17)15-29(27)19-9-11-28-12-10-19/h1-8,13-14,19H,9-12,15H2,(H,23,26). The van der Waals surface area contributed by atoms with E-state index in [1.165, 1.54) is 11.0 Å². The first-order valence-corrected chi connectivity index (χ1v) is 10.9. The average molecular weight is 410 g/mol. The summed E-state index contributed by atoms with van der Waals surface area (Å²) in [5, 5.41) is 11.4. The van der Waals surface area contributed by atoms with E-state index in [0.717, 1.165) is 24.1 Å². The summed E-state index contributed by atoms with van der Waals surface area (Å²) in [4.78, 5) is 14.0. The highest BCUT2D eigenvalue weighted by Crippen LogP contribution is 2.19. The van der Waals surface area contributed by atoms with E-state index in [4.69, 9.17) is 4.74 Å². The molecule has 1 unspecified atom stereocenters. The maximum atomic E-state index is 12.6. The Hall–Kier alpha value is -2.84. The fraction of sp³-hybridized carbons (Fsp3) is 0.286. The van der Waals surface area contributed by atoms with Gasteiger partial charge in [-0.3, -0.25) is 9.00 Å². The van der Waals surface area contributed by atoms with Crippen LogP contribution < -0.4 is 5.32 Å². The predicted octanol–water partition coefficient (Wildman–Crippen LogP) is 2.95. The van der Waals surface area contributed by atoms with Gasteiger partial charge in [0.1, 0.15) is 0 Å². The number of ether oxygens (including phenoxy) is 1. The number of carbonyl (C=O) groups excluding carboxylic acids is 1. The van der Waals surface area contributed by atoms with Gasteiger partial charge < -0.3 is 10.1 Å². The van der Waals surface area contributed by atoms with Gasteiger partial charge in [-0.1, -0.05) is 30.3 Å². The van der Waals surface area contributed by atoms with Crippen molar-refractivity contribution >= 4 is 22.4 Å². The van der Waals surface area contributed by atoms with Crippen molar-refractivity contribution in [1.29, 1.82) is 0 Å². The van der Waals surface area contributed by atoms with Gasteiger partial charge in [-0.2, -0.15) is 9.90 Å². The molecule has 0 spiro atoms. The quantitative estimate of drug-likeness (QED) is 0.675. The molecule has 1 aliphatic heterocycles. The normalized spacial score (nSPS) is 15.7. The molecule has 1 atom stereocenters. The maximum Gasteiger partial charge on any atom is 0.277 e. The number of amides is 1. The Morgan fingerprint density at radius 3 is 2.72 bits per heavy atom. The number of hydrogen-bond donors (Lipinski definition) is 1. The smallest absolute Gasteiger partial charge is 0.277 e. The summed E-state index contributed by atoms with van der Waals surface area (Å²) >= 11 is 0. The van der Waals surface area contributed by atoms with Crippen molar-refractivity contribution in [3.8, 4) is 5.69 Å². The van der Waals surface area contributed by atoms with E-state index in [0.29, 0.717) is 24.7 Å². The van der Waals surface area contributed by atoms with Crippen LogP contribution in [0.4, 0.5) is 5.69 Å². The molecule has 1 aromatic heterocycles. The molecular weight excluding hydrogens is 388 g/mol. The van der Waals surface area contributed by atoms with Gasteiger partial charge in [0, 0.05) is 40.7 Å². The van der Waals surface area contributed by atoms with Crippen molar-refractivity contribution in [3.63, 3.8) is 0 Å². The highest BCUT2D eigenvalue weighted by molar-refractivity contribution is 7.84. The number of rotatable bonds is 6. The molecule has 0 radical (unpaired) electrons. The molecule has 29 heavy (non-hydrogen) atoms. The minimum Gasteiger partial charge on any atom is -0.381 e. The third-order valence-electron chi connectivity index (χ3n) is 4.75. The fourth-order valence-electron chi connectivity index (χ4n) is 3.21. The van der Waals surface area contributed by atoms with Crippen LogP contribution in [0.3, 0.4) is 0 Å². The maximum absolute atomic E-state index is 12.6. The van der Waals surface area contributed by atoms with Crippen LogP contribution in [0, 0.1) is 0 Å². The van der Waals surface area contributed by atoms with Crippen molar-refractivity contribution in [2.45, 2.75) is 23.8 Å². The zero-order valence-corrected chi connectivity index (χ0v) is 16.7. The lowest BCUT2D eigenvalue weighted by Crippen LogP contribution is -2.25. The van der Waals surface area contributed by atoms with E-state index in [9.17, 15) is 9.00 Å². The summed E-state index contributed by atoms with van der Waals surface area (Å²) in [6.07, 6.45) is 3.10. The van der Waals surface area contributed by atoms with E-state index >= 15 is 0 Å². The Morgan fingerprint density at radius 2 is 1.93 bits per heavy atom. The van der Waals surface area contributed by atoms with Gasteiger partial charge in [-0.05, 0) is 42.7 Å². The Balaban J connectivity index is 1.40. The Kier molecular flexibility index (Phi) is 6.12. The third kappa shape index (κ3) is 4.96. The summed E-state index contributed by atoms with van der Waals surface area (Å²) in [6.45, 7) is 1.35. The Morgan fingerprint density at radius 1 is 1.14 bits per heavy atom. The second-order valence-electron chi connectivity index (χ2n) is 6.85. The first-order chi connectivity index (χ1) is 14.2. The summed E-state index contributed by atoms with van der Waals surface area (Å²) < 4.78 is 17.9. The molecule has 1 fully saturated rings. The zero-order valence-electron chi connectivity index (χ0n) is 15.9. The minimum atomic E-state index is -0.951. The predicted molar refractivity (Wildman–Crippen MR) is 111 cm³/mol. The van der Waals surface area contributed by atoms with E-state index in [1.54, 1.807) is 6.07 Å². The first-order valence-electron chi connectivity index (χ1n) is 9.52. The highest BCUT2D eigenvalue weighted by atomic mass is 32.2. The highest BCUT2D eigenvalue weighted by Gasteiger charge is 2.20. The number of benzene rings is 2. The molecule has 3 aromatic rings. The summed E-state index contributed by atoms with van der Waals surface area (Å²) in [6, 6.07) is 16.8. The first kappa shape index (κ1) is 19.5. The number of carbonyl (C=O) groups is 1.